The van der Waals surface area contributed by atoms with Gasteiger partial charge in [0.25, 0.3) is 0 Å². The van der Waals surface area contributed by atoms with Crippen LogP contribution in [0.15, 0.2) is 48.5 Å². The molecule has 0 aliphatic heterocycles. The van der Waals surface area contributed by atoms with Crippen molar-refractivity contribution in [3.8, 4) is 0 Å². The van der Waals surface area contributed by atoms with E-state index in [0.29, 0.717) is 0 Å². The van der Waals surface area contributed by atoms with Crippen molar-refractivity contribution >= 4 is 5.91 Å². The normalized spacial score (nSPS) is 19.9. The molecule has 25 heavy (non-hydrogen) atoms. The molecule has 0 saturated heterocycles. The van der Waals surface area contributed by atoms with Crippen molar-refractivity contribution in [2.24, 2.45) is 0 Å². The molecule has 0 radical (unpaired) electrons. The molecule has 4 rings (SSSR count). The molecule has 0 bridgehead atoms. The van der Waals surface area contributed by atoms with Crippen molar-refractivity contribution in [2.45, 2.75) is 64.3 Å². The molecule has 2 aromatic carbocycles. The van der Waals surface area contributed by atoms with Crippen molar-refractivity contribution in [2.75, 3.05) is 0 Å². The molecule has 1 unspecified atom stereocenters. The zero-order valence-electron chi connectivity index (χ0n) is 15.6. The van der Waals surface area contributed by atoms with Crippen LogP contribution in [-0.2, 0) is 16.6 Å². The van der Waals surface area contributed by atoms with Gasteiger partial charge in [0.1, 0.15) is 0 Å². The van der Waals surface area contributed by atoms with Gasteiger partial charge < -0.3 is 5.32 Å². The number of carbonyl (C=O) groups excluding carboxylic acids is 1. The van der Waals surface area contributed by atoms with Gasteiger partial charge in [0.2, 0.25) is 5.91 Å². The van der Waals surface area contributed by atoms with Gasteiger partial charge in [-0.15, -0.1) is 0 Å². The second kappa shape index (κ2) is 7.43. The minimum absolute atomic E-state index is 0.176. The lowest BCUT2D eigenvalue weighted by Crippen LogP contribution is -2.38. The third-order valence-corrected chi connectivity index (χ3v) is 5.46. The summed E-state index contributed by atoms with van der Waals surface area (Å²) < 4.78 is 0. The lowest BCUT2D eigenvalue weighted by atomic mass is 9.86. The SMILES string of the molecule is CC.Cc1ccc(C2(C(=O)NC3CCCc4ccccc43)CC2)cc1. The highest BCUT2D eigenvalue weighted by Crippen LogP contribution is 2.49. The van der Waals surface area contributed by atoms with Crippen LogP contribution in [-0.4, -0.2) is 5.91 Å². The van der Waals surface area contributed by atoms with E-state index in [0.717, 1.165) is 32.1 Å². The van der Waals surface area contributed by atoms with Crippen molar-refractivity contribution in [3.63, 3.8) is 0 Å². The van der Waals surface area contributed by atoms with Crippen molar-refractivity contribution < 1.29 is 4.79 Å². The van der Waals surface area contributed by atoms with E-state index >= 15 is 0 Å². The van der Waals surface area contributed by atoms with Crippen LogP contribution in [0.25, 0.3) is 0 Å². The smallest absolute Gasteiger partial charge is 0.231 e. The van der Waals surface area contributed by atoms with Gasteiger partial charge >= 0.3 is 0 Å². The van der Waals surface area contributed by atoms with Crippen LogP contribution in [0.5, 0.6) is 0 Å². The Morgan fingerprint density at radius 2 is 1.72 bits per heavy atom. The average molecular weight is 335 g/mol. The number of nitrogens with one attached hydrogen (secondary N) is 1. The van der Waals surface area contributed by atoms with Crippen LogP contribution >= 0.6 is 0 Å². The fraction of sp³-hybridized carbons (Fsp3) is 0.435. The number of hydrogen-bond donors (Lipinski definition) is 1. The van der Waals surface area contributed by atoms with E-state index in [-0.39, 0.29) is 17.4 Å². The monoisotopic (exact) mass is 335 g/mol. The number of rotatable bonds is 3. The molecule has 2 heteroatoms. The molecular weight excluding hydrogens is 306 g/mol. The minimum Gasteiger partial charge on any atom is -0.349 e. The summed E-state index contributed by atoms with van der Waals surface area (Å²) in [7, 11) is 0. The first-order valence-electron chi connectivity index (χ1n) is 9.65. The number of hydrogen-bond acceptors (Lipinski definition) is 1. The Kier molecular flexibility index (Phi) is 5.27. The summed E-state index contributed by atoms with van der Waals surface area (Å²) in [5, 5.41) is 3.35. The Morgan fingerprint density at radius 3 is 2.40 bits per heavy atom. The zero-order chi connectivity index (χ0) is 17.9. The van der Waals surface area contributed by atoms with E-state index in [2.05, 4.69) is 60.8 Å². The molecule has 1 saturated carbocycles. The summed E-state index contributed by atoms with van der Waals surface area (Å²) in [6.45, 7) is 6.09. The summed E-state index contributed by atoms with van der Waals surface area (Å²) in [6.07, 6.45) is 5.27. The van der Waals surface area contributed by atoms with Gasteiger partial charge in [-0.2, -0.15) is 0 Å². The van der Waals surface area contributed by atoms with Gasteiger partial charge in [0.15, 0.2) is 0 Å². The summed E-state index contributed by atoms with van der Waals surface area (Å²) in [5.41, 5.74) is 4.84. The first kappa shape index (κ1) is 17.7. The highest BCUT2D eigenvalue weighted by molar-refractivity contribution is 5.91. The first-order valence-corrected chi connectivity index (χ1v) is 9.65. The third-order valence-electron chi connectivity index (χ3n) is 5.46. The molecule has 1 amide bonds. The van der Waals surface area contributed by atoms with Crippen LogP contribution in [0, 0.1) is 6.92 Å². The molecule has 0 heterocycles. The maximum atomic E-state index is 13.0. The zero-order valence-corrected chi connectivity index (χ0v) is 15.6. The van der Waals surface area contributed by atoms with Crippen LogP contribution < -0.4 is 5.32 Å². The van der Waals surface area contributed by atoms with E-state index in [1.54, 1.807) is 0 Å². The first-order chi connectivity index (χ1) is 12.2. The highest BCUT2D eigenvalue weighted by atomic mass is 16.2. The van der Waals surface area contributed by atoms with Gasteiger partial charge in [-0.05, 0) is 55.7 Å². The minimum atomic E-state index is -0.278. The lowest BCUT2D eigenvalue weighted by molar-refractivity contribution is -0.124. The Morgan fingerprint density at radius 1 is 1.04 bits per heavy atom. The predicted molar refractivity (Wildman–Crippen MR) is 104 cm³/mol. The predicted octanol–water partition coefficient (Wildman–Crippen LogP) is 5.25. The summed E-state index contributed by atoms with van der Waals surface area (Å²) >= 11 is 0. The maximum absolute atomic E-state index is 13.0. The second-order valence-corrected chi connectivity index (χ2v) is 7.07. The van der Waals surface area contributed by atoms with Crippen LogP contribution in [0.3, 0.4) is 0 Å². The second-order valence-electron chi connectivity index (χ2n) is 7.07. The molecule has 2 aliphatic rings. The van der Waals surface area contributed by atoms with Crippen LogP contribution in [0.4, 0.5) is 0 Å². The Balaban J connectivity index is 0.000000880. The number of benzene rings is 2. The van der Waals surface area contributed by atoms with Gasteiger partial charge in [-0.25, -0.2) is 0 Å². The van der Waals surface area contributed by atoms with Crippen molar-refractivity contribution in [1.29, 1.82) is 0 Å². The van der Waals surface area contributed by atoms with Gasteiger partial charge in [0.05, 0.1) is 11.5 Å². The average Bonchev–Trinajstić information content (AvgIpc) is 3.46. The molecule has 0 aromatic heterocycles. The standard InChI is InChI=1S/C21H23NO.C2H6/c1-15-9-11-17(12-10-15)21(13-14-21)20(23)22-19-8-4-6-16-5-2-3-7-18(16)19;1-2/h2-3,5,7,9-12,19H,4,6,8,13-14H2,1H3,(H,22,23);1-2H3. The Bertz CT molecular complexity index is 728. The quantitative estimate of drug-likeness (QED) is 0.816. The number of aryl methyl sites for hydroxylation is 2. The fourth-order valence-electron chi connectivity index (χ4n) is 3.84. The molecule has 1 N–H and O–H groups in total. The molecule has 0 spiro atoms. The van der Waals surface area contributed by atoms with E-state index < -0.39 is 0 Å². The topological polar surface area (TPSA) is 29.1 Å². The largest absolute Gasteiger partial charge is 0.349 e. The lowest BCUT2D eigenvalue weighted by Gasteiger charge is -2.28. The number of carbonyl (C=O) groups is 1. The van der Waals surface area contributed by atoms with Crippen LogP contribution in [0.2, 0.25) is 0 Å². The van der Waals surface area contributed by atoms with E-state index in [4.69, 9.17) is 0 Å². The number of fused-ring (bicyclic) bond motifs is 1. The Labute approximate surface area is 151 Å². The highest BCUT2D eigenvalue weighted by Gasteiger charge is 2.51. The molecule has 1 fully saturated rings. The molecular formula is C23H29NO. The molecule has 2 aromatic rings. The fourth-order valence-corrected chi connectivity index (χ4v) is 3.84. The molecule has 132 valence electrons. The molecule has 2 aliphatic carbocycles. The van der Waals surface area contributed by atoms with Gasteiger partial charge in [-0.1, -0.05) is 67.9 Å². The summed E-state index contributed by atoms with van der Waals surface area (Å²) in [4.78, 5) is 13.0. The van der Waals surface area contributed by atoms with Gasteiger partial charge in [-0.3, -0.25) is 4.79 Å². The van der Waals surface area contributed by atoms with E-state index in [1.165, 1.54) is 22.3 Å². The summed E-state index contributed by atoms with van der Waals surface area (Å²) in [5.74, 6) is 0.211. The van der Waals surface area contributed by atoms with Crippen LogP contribution in [0.1, 0.15) is 67.8 Å². The van der Waals surface area contributed by atoms with E-state index in [1.807, 2.05) is 13.8 Å². The van der Waals surface area contributed by atoms with Crippen molar-refractivity contribution in [3.05, 3.63) is 70.8 Å². The molecule has 2 nitrogen and oxygen atoms in total. The number of amides is 1. The maximum Gasteiger partial charge on any atom is 0.231 e. The molecule has 1 atom stereocenters. The van der Waals surface area contributed by atoms with Gasteiger partial charge in [0, 0.05) is 0 Å². The van der Waals surface area contributed by atoms with E-state index in [9.17, 15) is 4.79 Å². The Hall–Kier alpha value is -2.09. The van der Waals surface area contributed by atoms with Crippen molar-refractivity contribution in [1.82, 2.24) is 5.32 Å². The summed E-state index contributed by atoms with van der Waals surface area (Å²) in [6, 6.07) is 17.2. The third kappa shape index (κ3) is 3.49.